The van der Waals surface area contributed by atoms with Crippen molar-refractivity contribution in [3.63, 3.8) is 0 Å². The molecule has 3 aliphatic heterocycles. The summed E-state index contributed by atoms with van der Waals surface area (Å²) in [7, 11) is 5.29. The minimum absolute atomic E-state index is 0.0761. The number of cyclic esters (lactones) is 1. The highest BCUT2D eigenvalue weighted by Crippen LogP contribution is 2.41. The topological polar surface area (TPSA) is 174 Å². The number of nitrogens with zero attached hydrogens (tertiary/aromatic N) is 1. The summed E-state index contributed by atoms with van der Waals surface area (Å²) in [5, 5.41) is 44.6. The Hall–Kier alpha value is -1.26. The van der Waals surface area contributed by atoms with E-state index >= 15 is 0 Å². The number of aliphatic hydroxyl groups excluding tert-OH is 3. The molecule has 292 valence electrons. The zero-order valence-corrected chi connectivity index (χ0v) is 32.6. The van der Waals surface area contributed by atoms with Gasteiger partial charge in [-0.25, -0.2) is 0 Å². The third kappa shape index (κ3) is 9.45. The highest BCUT2D eigenvalue weighted by molar-refractivity contribution is 5.83. The van der Waals surface area contributed by atoms with Crippen molar-refractivity contribution >= 4 is 11.8 Å². The van der Waals surface area contributed by atoms with Gasteiger partial charge in [0, 0.05) is 43.2 Å². The molecule has 3 aliphatic rings. The first kappa shape index (κ1) is 43.1. The zero-order valence-electron chi connectivity index (χ0n) is 32.6. The standard InChI is InChI=1S/C37H67NO12/c1-14-26-20(4)29(40)21(5)28(39)18(2)16-37(10,45-13)33(50-35-30(41)25(38(11)12)15-19(3)46-35)22(6)31(23(7)34(43)48-26)49-27-17-36(9,44)32(42)24(8)47-27/h18-27,29-33,35,40-42,44H,14-17H2,1-13H3/t18-,19-,20+,21+,22+,23-,24+,25+,26-,27+,29+,30-,31+,32+,33-,35+,36-,37-/m1/s1. The van der Waals surface area contributed by atoms with E-state index < -0.39 is 102 Å². The summed E-state index contributed by atoms with van der Waals surface area (Å²) in [6.45, 7) is 17.6. The predicted molar refractivity (Wildman–Crippen MR) is 185 cm³/mol. The quantitative estimate of drug-likeness (QED) is 0.284. The second-order valence-corrected chi connectivity index (χ2v) is 16.2. The van der Waals surface area contributed by atoms with Gasteiger partial charge in [0.25, 0.3) is 0 Å². The molecule has 0 aromatic heterocycles. The number of rotatable bonds is 7. The zero-order chi connectivity index (χ0) is 38.0. The molecule has 3 saturated heterocycles. The van der Waals surface area contributed by atoms with Gasteiger partial charge in [-0.15, -0.1) is 0 Å². The second kappa shape index (κ2) is 17.3. The molecule has 3 rings (SSSR count). The van der Waals surface area contributed by atoms with E-state index in [0.717, 1.165) is 0 Å². The fourth-order valence-corrected chi connectivity index (χ4v) is 8.34. The number of hydrogen-bond donors (Lipinski definition) is 4. The molecule has 0 saturated carbocycles. The third-order valence-corrected chi connectivity index (χ3v) is 11.8. The Bertz CT molecular complexity index is 1120. The van der Waals surface area contributed by atoms with Gasteiger partial charge in [-0.05, 0) is 68.0 Å². The van der Waals surface area contributed by atoms with Crippen LogP contribution in [0.1, 0.15) is 94.9 Å². The molecule has 4 N–H and O–H groups in total. The van der Waals surface area contributed by atoms with Crippen LogP contribution in [-0.4, -0.2) is 137 Å². The average molecular weight is 718 g/mol. The molecule has 3 fully saturated rings. The minimum Gasteiger partial charge on any atom is -0.462 e. The van der Waals surface area contributed by atoms with E-state index in [9.17, 15) is 30.0 Å². The van der Waals surface area contributed by atoms with Gasteiger partial charge in [-0.1, -0.05) is 34.6 Å². The number of likely N-dealkylation sites (N-methyl/N-ethyl adjacent to an activating group) is 1. The molecule has 50 heavy (non-hydrogen) atoms. The molecule has 0 aromatic rings. The van der Waals surface area contributed by atoms with Gasteiger partial charge in [0.15, 0.2) is 12.6 Å². The lowest BCUT2D eigenvalue weighted by Gasteiger charge is -2.49. The van der Waals surface area contributed by atoms with Gasteiger partial charge in [-0.2, -0.15) is 0 Å². The molecule has 3 heterocycles. The number of methoxy groups -OCH3 is 1. The van der Waals surface area contributed by atoms with Crippen LogP contribution in [0.15, 0.2) is 0 Å². The third-order valence-electron chi connectivity index (χ3n) is 11.8. The Morgan fingerprint density at radius 1 is 0.880 bits per heavy atom. The molecule has 18 atom stereocenters. The molecule has 0 amide bonds. The number of esters is 1. The molecule has 13 nitrogen and oxygen atoms in total. The summed E-state index contributed by atoms with van der Waals surface area (Å²) in [5.74, 6) is -4.23. The van der Waals surface area contributed by atoms with Gasteiger partial charge < -0.3 is 53.7 Å². The first-order valence-corrected chi connectivity index (χ1v) is 18.4. The Balaban J connectivity index is 2.19. The van der Waals surface area contributed by atoms with E-state index in [2.05, 4.69) is 0 Å². The monoisotopic (exact) mass is 717 g/mol. The van der Waals surface area contributed by atoms with E-state index in [1.165, 1.54) is 14.0 Å². The van der Waals surface area contributed by atoms with Crippen molar-refractivity contribution in [1.29, 1.82) is 0 Å². The number of aliphatic hydroxyl groups is 4. The average Bonchev–Trinajstić information content (AvgIpc) is 3.05. The van der Waals surface area contributed by atoms with Crippen LogP contribution >= 0.6 is 0 Å². The predicted octanol–water partition coefficient (Wildman–Crippen LogP) is 2.67. The Labute approximate surface area is 299 Å². The van der Waals surface area contributed by atoms with Crippen LogP contribution in [0, 0.1) is 29.6 Å². The fraction of sp³-hybridized carbons (Fsp3) is 0.946. The molecule has 0 spiro atoms. The summed E-state index contributed by atoms with van der Waals surface area (Å²) < 4.78 is 38.0. The summed E-state index contributed by atoms with van der Waals surface area (Å²) in [6, 6.07) is -0.270. The minimum atomic E-state index is -1.53. The summed E-state index contributed by atoms with van der Waals surface area (Å²) in [4.78, 5) is 29.9. The highest BCUT2D eigenvalue weighted by atomic mass is 16.7. The summed E-state index contributed by atoms with van der Waals surface area (Å²) in [6.07, 6.45) is -7.90. The molecule has 0 aromatic carbocycles. The molecule has 0 aliphatic carbocycles. The van der Waals surface area contributed by atoms with Crippen LogP contribution in [0.3, 0.4) is 0 Å². The Kier molecular flexibility index (Phi) is 14.9. The van der Waals surface area contributed by atoms with Crippen molar-refractivity contribution in [2.45, 2.75) is 174 Å². The van der Waals surface area contributed by atoms with Crippen molar-refractivity contribution in [3.05, 3.63) is 0 Å². The van der Waals surface area contributed by atoms with Crippen molar-refractivity contribution in [2.75, 3.05) is 21.2 Å². The van der Waals surface area contributed by atoms with Crippen LogP contribution in [0.5, 0.6) is 0 Å². The van der Waals surface area contributed by atoms with E-state index in [-0.39, 0.29) is 30.8 Å². The van der Waals surface area contributed by atoms with E-state index in [0.29, 0.717) is 12.8 Å². The maximum absolute atomic E-state index is 14.1. The lowest BCUT2D eigenvalue weighted by Crippen LogP contribution is -2.61. The van der Waals surface area contributed by atoms with Gasteiger partial charge in [-0.3, -0.25) is 9.59 Å². The number of hydrogen-bond acceptors (Lipinski definition) is 13. The van der Waals surface area contributed by atoms with Crippen LogP contribution in [0.25, 0.3) is 0 Å². The second-order valence-electron chi connectivity index (χ2n) is 16.2. The maximum atomic E-state index is 14.1. The number of ether oxygens (including phenoxy) is 6. The van der Waals surface area contributed by atoms with Crippen LogP contribution in [-0.2, 0) is 38.0 Å². The number of Topliss-reactive ketones (excluding diaryl/α,β-unsaturated/α-hetero) is 1. The molecular formula is C37H67NO12. The highest BCUT2D eigenvalue weighted by Gasteiger charge is 2.52. The largest absolute Gasteiger partial charge is 0.462 e. The number of carbonyl (C=O) groups excluding carboxylic acids is 2. The van der Waals surface area contributed by atoms with E-state index in [1.807, 2.05) is 46.7 Å². The van der Waals surface area contributed by atoms with Crippen molar-refractivity contribution in [3.8, 4) is 0 Å². The Morgan fingerprint density at radius 2 is 1.50 bits per heavy atom. The maximum Gasteiger partial charge on any atom is 0.311 e. The van der Waals surface area contributed by atoms with Gasteiger partial charge in [0.05, 0.1) is 47.6 Å². The van der Waals surface area contributed by atoms with E-state index in [1.54, 1.807) is 34.6 Å². The molecule has 0 unspecified atom stereocenters. The van der Waals surface area contributed by atoms with E-state index in [4.69, 9.17) is 28.4 Å². The van der Waals surface area contributed by atoms with Crippen LogP contribution < -0.4 is 0 Å². The van der Waals surface area contributed by atoms with Crippen molar-refractivity contribution in [1.82, 2.24) is 4.90 Å². The van der Waals surface area contributed by atoms with Crippen molar-refractivity contribution < 1.29 is 58.4 Å². The first-order chi connectivity index (χ1) is 23.1. The fourth-order valence-electron chi connectivity index (χ4n) is 8.34. The smallest absolute Gasteiger partial charge is 0.311 e. The molecule has 13 heteroatoms. The number of ketones is 1. The molecule has 0 bridgehead atoms. The lowest BCUT2D eigenvalue weighted by molar-refractivity contribution is -0.317. The van der Waals surface area contributed by atoms with Gasteiger partial charge in [0.2, 0.25) is 0 Å². The SMILES string of the molecule is CC[C@H]1OC(=O)[C@H](C)[C@@H](O[C@H]2C[C@@](C)(O)[C@@H](O)[C@H](C)O2)[C@H](C)[C@@H](O[C@@H]2O[C@H](C)C[C@H](N(C)C)[C@H]2O)[C@](C)(OC)C[C@@H](C)C(=O)[C@H](C)[C@@H](O)[C@H]1C. The first-order valence-electron chi connectivity index (χ1n) is 18.4. The summed E-state index contributed by atoms with van der Waals surface area (Å²) in [5.41, 5.74) is -2.73. The molecule has 0 radical (unpaired) electrons. The van der Waals surface area contributed by atoms with Crippen LogP contribution in [0.2, 0.25) is 0 Å². The molecular weight excluding hydrogens is 650 g/mol. The van der Waals surface area contributed by atoms with Crippen molar-refractivity contribution in [2.24, 2.45) is 29.6 Å². The normalized spacial score (nSPS) is 49.0. The van der Waals surface area contributed by atoms with Gasteiger partial charge in [0.1, 0.15) is 24.1 Å². The van der Waals surface area contributed by atoms with Crippen LogP contribution in [0.4, 0.5) is 0 Å². The summed E-state index contributed by atoms with van der Waals surface area (Å²) >= 11 is 0. The Morgan fingerprint density at radius 3 is 2.04 bits per heavy atom. The van der Waals surface area contributed by atoms with Gasteiger partial charge >= 0.3 is 5.97 Å². The number of carbonyl (C=O) groups is 2. The lowest BCUT2D eigenvalue weighted by atomic mass is 9.74.